The van der Waals surface area contributed by atoms with Crippen LogP contribution in [0.1, 0.15) is 6.92 Å². The first-order valence-corrected chi connectivity index (χ1v) is 9.40. The van der Waals surface area contributed by atoms with Crippen LogP contribution in [0.15, 0.2) is 0 Å². The average molecular weight is 232 g/mol. The van der Waals surface area contributed by atoms with Crippen molar-refractivity contribution < 1.29 is 14.1 Å². The molecule has 5 atom stereocenters. The second kappa shape index (κ2) is 6.64. The van der Waals surface area contributed by atoms with Gasteiger partial charge in [0.05, 0.1) is 0 Å². The lowest BCUT2D eigenvalue weighted by Crippen LogP contribution is -2.19. The van der Waals surface area contributed by atoms with Crippen LogP contribution in [0, 0.1) is 0 Å². The fourth-order valence-corrected chi connectivity index (χ4v) is 1.90. The molecule has 7 heteroatoms. The molecule has 0 fully saturated rings. The Morgan fingerprint density at radius 3 is 2.64 bits per heavy atom. The van der Waals surface area contributed by atoms with Gasteiger partial charge in [-0.05, 0) is 14.9 Å². The third kappa shape index (κ3) is 5.40. The largest absolute Gasteiger partial charge is 0.434 e. The van der Waals surface area contributed by atoms with Crippen molar-refractivity contribution >= 4 is 39.3 Å². The molecular weight excluding hydrogens is 220 g/mol. The molecule has 0 aromatic heterocycles. The first-order chi connectivity index (χ1) is 5.11. The van der Waals surface area contributed by atoms with Gasteiger partial charge < -0.3 is 9.26 Å². The maximum atomic E-state index is 11.0. The van der Waals surface area contributed by atoms with Crippen LogP contribution in [0.3, 0.4) is 0 Å². The van der Waals surface area contributed by atoms with Gasteiger partial charge in [0.15, 0.2) is 6.10 Å². The van der Waals surface area contributed by atoms with E-state index < -0.39 is 13.6 Å². The van der Waals surface area contributed by atoms with E-state index in [0.29, 0.717) is 7.96 Å². The molecule has 0 N–H and O–H groups in total. The van der Waals surface area contributed by atoms with Gasteiger partial charge in [-0.15, -0.1) is 8.93 Å². The summed E-state index contributed by atoms with van der Waals surface area (Å²) in [4.78, 5) is 11.0. The Labute approximate surface area is 74.1 Å². The molecule has 0 rings (SSSR count). The number of carbonyl (C=O) groups excluding carboxylic acids is 1. The fourth-order valence-electron chi connectivity index (χ4n) is 0.294. The van der Waals surface area contributed by atoms with E-state index in [1.165, 1.54) is 7.11 Å². The summed E-state index contributed by atoms with van der Waals surface area (Å²) in [6, 6.07) is 0. The molecule has 0 heterocycles. The minimum atomic E-state index is -0.678. The lowest BCUT2D eigenvalue weighted by Gasteiger charge is -2.12. The van der Waals surface area contributed by atoms with Crippen molar-refractivity contribution in [1.29, 1.82) is 0 Å². The Bertz CT molecular complexity index is 131. The monoisotopic (exact) mass is 232 g/mol. The minimum Gasteiger partial charge on any atom is -0.434 e. The number of methoxy groups -OCH3 is 1. The molecule has 0 aliphatic rings. The number of hydrogen-bond acceptors (Lipinski definition) is 3. The third-order valence-electron chi connectivity index (χ3n) is 1.00. The van der Waals surface area contributed by atoms with E-state index >= 15 is 0 Å². The van der Waals surface area contributed by atoms with Crippen molar-refractivity contribution in [3.8, 4) is 0 Å². The lowest BCUT2D eigenvalue weighted by atomic mass is 10.4. The maximum absolute atomic E-state index is 11.0. The van der Waals surface area contributed by atoms with Crippen LogP contribution < -0.4 is 0 Å². The topological polar surface area (TPSA) is 35.5 Å². The molecule has 0 aliphatic heterocycles. The predicted octanol–water partition coefficient (Wildman–Crippen LogP) is 2.14. The molecule has 0 saturated carbocycles. The van der Waals surface area contributed by atoms with Gasteiger partial charge in [-0.2, -0.15) is 0 Å². The molecular formula is C4H12O3P4. The van der Waals surface area contributed by atoms with Crippen molar-refractivity contribution in [2.24, 2.45) is 0 Å². The van der Waals surface area contributed by atoms with Crippen LogP contribution in [0.2, 0.25) is 0 Å². The van der Waals surface area contributed by atoms with E-state index in [4.69, 9.17) is 9.26 Å². The average Bonchev–Trinajstić information content (AvgIpc) is 2.02. The van der Waals surface area contributed by atoms with Crippen molar-refractivity contribution in [2.75, 3.05) is 7.11 Å². The lowest BCUT2D eigenvalue weighted by molar-refractivity contribution is -0.143. The van der Waals surface area contributed by atoms with E-state index in [2.05, 4.69) is 17.9 Å². The van der Waals surface area contributed by atoms with Crippen LogP contribution in [0.25, 0.3) is 0 Å². The van der Waals surface area contributed by atoms with Crippen molar-refractivity contribution in [3.63, 3.8) is 0 Å². The maximum Gasteiger partial charge on any atom is 0.338 e. The Balaban J connectivity index is 3.68. The number of carbonyl (C=O) groups is 1. The number of hydrogen-bond donors (Lipinski definition) is 0. The van der Waals surface area contributed by atoms with Crippen molar-refractivity contribution in [3.05, 3.63) is 0 Å². The quantitative estimate of drug-likeness (QED) is 0.696. The highest BCUT2D eigenvalue weighted by atomic mass is 32.6. The first-order valence-electron chi connectivity index (χ1n) is 2.87. The van der Waals surface area contributed by atoms with Gasteiger partial charge in [-0.3, -0.25) is 0 Å². The van der Waals surface area contributed by atoms with Crippen LogP contribution in [-0.4, -0.2) is 19.2 Å². The summed E-state index contributed by atoms with van der Waals surface area (Å²) in [7, 11) is 6.42. The normalized spacial score (nSPS) is 16.7. The van der Waals surface area contributed by atoms with Gasteiger partial charge in [0.2, 0.25) is 0 Å². The van der Waals surface area contributed by atoms with Crippen molar-refractivity contribution in [1.82, 2.24) is 0 Å². The molecule has 0 radical (unpaired) electrons. The van der Waals surface area contributed by atoms with Crippen LogP contribution in [-0.2, 0) is 14.1 Å². The van der Waals surface area contributed by atoms with Gasteiger partial charge in [-0.1, -0.05) is 8.93 Å². The van der Waals surface area contributed by atoms with Gasteiger partial charge in [0.1, 0.15) is 7.53 Å². The Kier molecular flexibility index (Phi) is 7.34. The van der Waals surface area contributed by atoms with Crippen LogP contribution >= 0.6 is 33.3 Å². The summed E-state index contributed by atoms with van der Waals surface area (Å²) in [5, 5.41) is 0. The smallest absolute Gasteiger partial charge is 0.338 e. The molecule has 0 aliphatic carbocycles. The molecule has 5 unspecified atom stereocenters. The third-order valence-corrected chi connectivity index (χ3v) is 9.30. The zero-order valence-corrected chi connectivity index (χ0v) is 10.6. The van der Waals surface area contributed by atoms with E-state index in [-0.39, 0.29) is 5.97 Å². The van der Waals surface area contributed by atoms with E-state index in [9.17, 15) is 4.79 Å². The molecule has 0 spiro atoms. The highest BCUT2D eigenvalue weighted by Crippen LogP contribution is 2.66. The molecule has 0 amide bonds. The SMILES string of the molecule is COC(C)C(=O)OP(P)PP. The summed E-state index contributed by atoms with van der Waals surface area (Å²) in [5.41, 5.74) is 0. The van der Waals surface area contributed by atoms with Gasteiger partial charge >= 0.3 is 5.97 Å². The highest BCUT2D eigenvalue weighted by Gasteiger charge is 2.15. The molecule has 11 heavy (non-hydrogen) atoms. The molecule has 3 nitrogen and oxygen atoms in total. The molecule has 0 aromatic rings. The summed E-state index contributed by atoms with van der Waals surface area (Å²) < 4.78 is 9.79. The van der Waals surface area contributed by atoms with Gasteiger partial charge in [0.25, 0.3) is 0 Å². The van der Waals surface area contributed by atoms with Crippen LogP contribution in [0.4, 0.5) is 0 Å². The Morgan fingerprint density at radius 2 is 2.27 bits per heavy atom. The summed E-state index contributed by atoms with van der Waals surface area (Å²) in [6.07, 6.45) is -0.457. The standard InChI is InChI=1S/C4H12O3P4/c1-3(6-2)4(5)7-11(9)10-8/h3,10H,8-9H2,1-2H3. The molecule has 0 aromatic carbocycles. The second-order valence-corrected chi connectivity index (χ2v) is 10.2. The second-order valence-electron chi connectivity index (χ2n) is 1.74. The van der Waals surface area contributed by atoms with E-state index in [1.807, 2.05) is 0 Å². The molecule has 0 saturated heterocycles. The molecule has 66 valence electrons. The van der Waals surface area contributed by atoms with Gasteiger partial charge in [0, 0.05) is 7.11 Å². The summed E-state index contributed by atoms with van der Waals surface area (Å²) in [5.74, 6) is -0.288. The summed E-state index contributed by atoms with van der Waals surface area (Å²) >= 11 is 0. The fraction of sp³-hybridized carbons (Fsp3) is 0.750. The first kappa shape index (κ1) is 12.2. The van der Waals surface area contributed by atoms with Crippen LogP contribution in [0.5, 0.6) is 0 Å². The van der Waals surface area contributed by atoms with E-state index in [1.54, 1.807) is 6.92 Å². The molecule has 0 bridgehead atoms. The van der Waals surface area contributed by atoms with E-state index in [0.717, 1.165) is 0 Å². The van der Waals surface area contributed by atoms with Crippen molar-refractivity contribution in [2.45, 2.75) is 13.0 Å². The Hall–Kier alpha value is 1.15. The minimum absolute atomic E-state index is 0.288. The zero-order valence-electron chi connectivity index (χ0n) is 6.40. The predicted molar refractivity (Wildman–Crippen MR) is 57.2 cm³/mol. The van der Waals surface area contributed by atoms with Gasteiger partial charge in [-0.25, -0.2) is 4.79 Å². The summed E-state index contributed by atoms with van der Waals surface area (Å²) in [6.45, 7) is 1.67. The Morgan fingerprint density at radius 1 is 1.73 bits per heavy atom. The number of rotatable bonds is 4. The zero-order chi connectivity index (χ0) is 8.85. The highest BCUT2D eigenvalue weighted by molar-refractivity contribution is 8.59. The number of ether oxygens (including phenoxy) is 1.